The number of nitrogen functional groups attached to an aromatic ring is 1. The highest BCUT2D eigenvalue weighted by atomic mass is 16.2. The van der Waals surface area contributed by atoms with Crippen molar-refractivity contribution in [3.05, 3.63) is 53.7 Å². The van der Waals surface area contributed by atoms with E-state index >= 15 is 0 Å². The second-order valence-corrected chi connectivity index (χ2v) is 4.57. The van der Waals surface area contributed by atoms with Gasteiger partial charge in [0.05, 0.1) is 18.3 Å². The van der Waals surface area contributed by atoms with E-state index in [1.165, 1.54) is 0 Å². The molecule has 98 valence electrons. The number of aromatic nitrogens is 1. The molecule has 0 saturated heterocycles. The summed E-state index contributed by atoms with van der Waals surface area (Å²) in [4.78, 5) is 17.8. The van der Waals surface area contributed by atoms with E-state index in [0.717, 1.165) is 11.1 Å². The largest absolute Gasteiger partial charge is 0.397 e. The maximum absolute atomic E-state index is 12.2. The van der Waals surface area contributed by atoms with Gasteiger partial charge in [-0.05, 0) is 24.6 Å². The van der Waals surface area contributed by atoms with Crippen molar-refractivity contribution >= 4 is 17.4 Å². The molecule has 2 rings (SSSR count). The first-order valence-corrected chi connectivity index (χ1v) is 6.10. The number of hydrogen-bond donors (Lipinski definition) is 1. The summed E-state index contributed by atoms with van der Waals surface area (Å²) < 4.78 is 0. The fraction of sp³-hybridized carbons (Fsp3) is 0.200. The lowest BCUT2D eigenvalue weighted by Crippen LogP contribution is -2.28. The third kappa shape index (κ3) is 3.31. The van der Waals surface area contributed by atoms with E-state index in [0.29, 0.717) is 17.9 Å². The van der Waals surface area contributed by atoms with Crippen LogP contribution in [0.1, 0.15) is 11.1 Å². The summed E-state index contributed by atoms with van der Waals surface area (Å²) in [5.41, 5.74) is 8.32. The van der Waals surface area contributed by atoms with E-state index in [-0.39, 0.29) is 5.91 Å². The zero-order valence-electron chi connectivity index (χ0n) is 11.1. The monoisotopic (exact) mass is 255 g/mol. The van der Waals surface area contributed by atoms with Gasteiger partial charge in [-0.2, -0.15) is 0 Å². The molecule has 1 aromatic heterocycles. The Kier molecular flexibility index (Phi) is 3.80. The van der Waals surface area contributed by atoms with Gasteiger partial charge in [0.1, 0.15) is 5.82 Å². The van der Waals surface area contributed by atoms with Gasteiger partial charge in [0.25, 0.3) is 0 Å². The van der Waals surface area contributed by atoms with E-state index in [4.69, 9.17) is 5.73 Å². The zero-order chi connectivity index (χ0) is 13.8. The first-order valence-electron chi connectivity index (χ1n) is 6.10. The second-order valence-electron chi connectivity index (χ2n) is 4.57. The molecule has 0 saturated carbocycles. The lowest BCUT2D eigenvalue weighted by molar-refractivity contribution is -0.117. The number of rotatable bonds is 3. The summed E-state index contributed by atoms with van der Waals surface area (Å²) in [6.45, 7) is 2.01. The molecule has 19 heavy (non-hydrogen) atoms. The Labute approximate surface area is 112 Å². The summed E-state index contributed by atoms with van der Waals surface area (Å²) in [7, 11) is 1.72. The van der Waals surface area contributed by atoms with Crippen LogP contribution in [-0.4, -0.2) is 17.9 Å². The van der Waals surface area contributed by atoms with Crippen molar-refractivity contribution in [3.63, 3.8) is 0 Å². The SMILES string of the molecule is Cc1cccc(CC(=O)N(C)c2ccc(N)cn2)c1. The first-order chi connectivity index (χ1) is 9.06. The minimum Gasteiger partial charge on any atom is -0.397 e. The number of amides is 1. The molecule has 2 aromatic rings. The van der Waals surface area contributed by atoms with Crippen LogP contribution in [-0.2, 0) is 11.2 Å². The van der Waals surface area contributed by atoms with Crippen LogP contribution in [0.5, 0.6) is 0 Å². The van der Waals surface area contributed by atoms with Gasteiger partial charge >= 0.3 is 0 Å². The fourth-order valence-corrected chi connectivity index (χ4v) is 1.84. The van der Waals surface area contributed by atoms with E-state index in [9.17, 15) is 4.79 Å². The van der Waals surface area contributed by atoms with Crippen molar-refractivity contribution in [1.82, 2.24) is 4.98 Å². The number of anilines is 2. The van der Waals surface area contributed by atoms with Crippen LogP contribution in [0.3, 0.4) is 0 Å². The van der Waals surface area contributed by atoms with E-state index in [1.54, 1.807) is 30.3 Å². The number of nitrogens with zero attached hydrogens (tertiary/aromatic N) is 2. The van der Waals surface area contributed by atoms with E-state index in [1.807, 2.05) is 31.2 Å². The second kappa shape index (κ2) is 5.52. The molecule has 0 spiro atoms. The number of carbonyl (C=O) groups is 1. The summed E-state index contributed by atoms with van der Waals surface area (Å²) in [5.74, 6) is 0.606. The number of nitrogens with two attached hydrogens (primary N) is 1. The highest BCUT2D eigenvalue weighted by Gasteiger charge is 2.12. The molecule has 0 bridgehead atoms. The van der Waals surface area contributed by atoms with Crippen molar-refractivity contribution in [2.75, 3.05) is 17.7 Å². The highest BCUT2D eigenvalue weighted by Crippen LogP contribution is 2.13. The number of pyridine rings is 1. The molecule has 2 N–H and O–H groups in total. The number of benzene rings is 1. The molecule has 4 heteroatoms. The quantitative estimate of drug-likeness (QED) is 0.914. The van der Waals surface area contributed by atoms with Gasteiger partial charge in [0, 0.05) is 7.05 Å². The Morgan fingerprint density at radius 3 is 2.74 bits per heavy atom. The van der Waals surface area contributed by atoms with Gasteiger partial charge in [0.2, 0.25) is 5.91 Å². The van der Waals surface area contributed by atoms with E-state index < -0.39 is 0 Å². The molecule has 4 nitrogen and oxygen atoms in total. The Bertz CT molecular complexity index is 578. The van der Waals surface area contributed by atoms with Gasteiger partial charge in [0.15, 0.2) is 0 Å². The van der Waals surface area contributed by atoms with Crippen molar-refractivity contribution in [1.29, 1.82) is 0 Å². The van der Waals surface area contributed by atoms with E-state index in [2.05, 4.69) is 4.98 Å². The van der Waals surface area contributed by atoms with Gasteiger partial charge < -0.3 is 5.73 Å². The highest BCUT2D eigenvalue weighted by molar-refractivity contribution is 5.93. The standard InChI is InChI=1S/C15H17N3O/c1-11-4-3-5-12(8-11)9-15(19)18(2)14-7-6-13(16)10-17-14/h3-8,10H,9,16H2,1-2H3. The molecule has 1 aromatic carbocycles. The predicted octanol–water partition coefficient (Wildman–Crippen LogP) is 2.18. The first kappa shape index (κ1) is 13.1. The van der Waals surface area contributed by atoms with Crippen molar-refractivity contribution in [3.8, 4) is 0 Å². The molecule has 0 aliphatic rings. The molecule has 1 amide bonds. The van der Waals surface area contributed by atoms with Crippen molar-refractivity contribution in [2.24, 2.45) is 0 Å². The lowest BCUT2D eigenvalue weighted by atomic mass is 10.1. The zero-order valence-corrected chi connectivity index (χ0v) is 11.1. The van der Waals surface area contributed by atoms with Crippen LogP contribution in [0, 0.1) is 6.92 Å². The minimum absolute atomic E-state index is 0.00266. The molecule has 0 unspecified atom stereocenters. The summed E-state index contributed by atoms with van der Waals surface area (Å²) in [6.07, 6.45) is 1.91. The van der Waals surface area contributed by atoms with Crippen LogP contribution in [0.4, 0.5) is 11.5 Å². The van der Waals surface area contributed by atoms with Gasteiger partial charge in [-0.3, -0.25) is 9.69 Å². The molecule has 0 fully saturated rings. The summed E-state index contributed by atoms with van der Waals surface area (Å²) in [5, 5.41) is 0. The van der Waals surface area contributed by atoms with Crippen LogP contribution in [0.15, 0.2) is 42.6 Å². The third-order valence-electron chi connectivity index (χ3n) is 2.93. The molecule has 0 radical (unpaired) electrons. The normalized spacial score (nSPS) is 10.2. The average molecular weight is 255 g/mol. The Morgan fingerprint density at radius 1 is 1.32 bits per heavy atom. The number of likely N-dealkylation sites (N-methyl/N-ethyl adjacent to an activating group) is 1. The maximum Gasteiger partial charge on any atom is 0.232 e. The van der Waals surface area contributed by atoms with Crippen molar-refractivity contribution < 1.29 is 4.79 Å². The fourth-order valence-electron chi connectivity index (χ4n) is 1.84. The van der Waals surface area contributed by atoms with Crippen LogP contribution < -0.4 is 10.6 Å². The van der Waals surface area contributed by atoms with Crippen molar-refractivity contribution in [2.45, 2.75) is 13.3 Å². The predicted molar refractivity (Wildman–Crippen MR) is 76.9 cm³/mol. The lowest BCUT2D eigenvalue weighted by Gasteiger charge is -2.16. The molecule has 0 atom stereocenters. The van der Waals surface area contributed by atoms with Crippen LogP contribution in [0.2, 0.25) is 0 Å². The number of carbonyl (C=O) groups excluding carboxylic acids is 1. The van der Waals surface area contributed by atoms with Crippen LogP contribution in [0.25, 0.3) is 0 Å². The Balaban J connectivity index is 2.09. The summed E-state index contributed by atoms with van der Waals surface area (Å²) in [6, 6.07) is 11.4. The van der Waals surface area contributed by atoms with Gasteiger partial charge in [-0.25, -0.2) is 4.98 Å². The average Bonchev–Trinajstić information content (AvgIpc) is 2.39. The van der Waals surface area contributed by atoms with Gasteiger partial charge in [-0.1, -0.05) is 29.8 Å². The molecular formula is C15H17N3O. The Hall–Kier alpha value is -2.36. The molecule has 0 aliphatic heterocycles. The Morgan fingerprint density at radius 2 is 2.11 bits per heavy atom. The smallest absolute Gasteiger partial charge is 0.232 e. The molecular weight excluding hydrogens is 238 g/mol. The molecule has 0 aliphatic carbocycles. The summed E-state index contributed by atoms with van der Waals surface area (Å²) >= 11 is 0. The minimum atomic E-state index is 0.00266. The maximum atomic E-state index is 12.2. The topological polar surface area (TPSA) is 59.2 Å². The van der Waals surface area contributed by atoms with Crippen LogP contribution >= 0.6 is 0 Å². The third-order valence-corrected chi connectivity index (χ3v) is 2.93. The van der Waals surface area contributed by atoms with Gasteiger partial charge in [-0.15, -0.1) is 0 Å². The number of hydrogen-bond acceptors (Lipinski definition) is 3. The number of aryl methyl sites for hydroxylation is 1. The molecule has 1 heterocycles.